The lowest BCUT2D eigenvalue weighted by atomic mass is 9.92. The Kier molecular flexibility index (Phi) is 4.94. The van der Waals surface area contributed by atoms with Crippen molar-refractivity contribution < 1.29 is 23.5 Å². The van der Waals surface area contributed by atoms with Gasteiger partial charge in [-0.25, -0.2) is 8.78 Å². The molecule has 2 heterocycles. The summed E-state index contributed by atoms with van der Waals surface area (Å²) in [5.41, 5.74) is 5.66. The van der Waals surface area contributed by atoms with E-state index in [1.165, 1.54) is 6.08 Å². The summed E-state index contributed by atoms with van der Waals surface area (Å²) < 4.78 is 30.6. The largest absolute Gasteiger partial charge is 0.481 e. The van der Waals surface area contributed by atoms with Crippen molar-refractivity contribution in [3.05, 3.63) is 35.5 Å². The molecule has 9 heteroatoms. The Morgan fingerprint density at radius 1 is 1.28 bits per heavy atom. The molecule has 1 saturated heterocycles. The van der Waals surface area contributed by atoms with Crippen molar-refractivity contribution >= 4 is 23.3 Å². The third-order valence-corrected chi connectivity index (χ3v) is 5.70. The van der Waals surface area contributed by atoms with E-state index in [0.717, 1.165) is 18.9 Å². The van der Waals surface area contributed by atoms with Crippen molar-refractivity contribution in [2.75, 3.05) is 22.9 Å². The SMILES string of the molecule is CC(N)C(=O)NC1CCN(c2c(F)cc3c(c2F)N(C2CC2)C=CC3C(=O)O)C1. The second-order valence-corrected chi connectivity index (χ2v) is 7.98. The fourth-order valence-electron chi connectivity index (χ4n) is 4.05. The number of benzene rings is 1. The number of anilines is 2. The van der Waals surface area contributed by atoms with E-state index in [1.54, 1.807) is 22.9 Å². The molecule has 3 atom stereocenters. The first kappa shape index (κ1) is 19.6. The van der Waals surface area contributed by atoms with Crippen LogP contribution in [0.15, 0.2) is 18.3 Å². The summed E-state index contributed by atoms with van der Waals surface area (Å²) in [5.74, 6) is -4.09. The van der Waals surface area contributed by atoms with Gasteiger partial charge in [0.2, 0.25) is 5.91 Å². The summed E-state index contributed by atoms with van der Waals surface area (Å²) in [5, 5.41) is 12.3. The molecule has 29 heavy (non-hydrogen) atoms. The molecule has 0 radical (unpaired) electrons. The number of halogens is 2. The van der Waals surface area contributed by atoms with Gasteiger partial charge in [0, 0.05) is 31.4 Å². The normalized spacial score (nSPS) is 24.4. The van der Waals surface area contributed by atoms with Crippen LogP contribution in [0.5, 0.6) is 0 Å². The Morgan fingerprint density at radius 2 is 2.00 bits per heavy atom. The molecule has 0 spiro atoms. The van der Waals surface area contributed by atoms with Gasteiger partial charge in [-0.3, -0.25) is 9.59 Å². The summed E-state index contributed by atoms with van der Waals surface area (Å²) in [6, 6.07) is 0.325. The molecule has 0 aromatic heterocycles. The number of nitrogens with two attached hydrogens (primary N) is 1. The van der Waals surface area contributed by atoms with E-state index in [0.29, 0.717) is 13.0 Å². The van der Waals surface area contributed by atoms with Crippen LogP contribution in [-0.2, 0) is 9.59 Å². The van der Waals surface area contributed by atoms with Crippen LogP contribution >= 0.6 is 0 Å². The summed E-state index contributed by atoms with van der Waals surface area (Å²) in [7, 11) is 0. The predicted molar refractivity (Wildman–Crippen MR) is 104 cm³/mol. The second-order valence-electron chi connectivity index (χ2n) is 7.98. The van der Waals surface area contributed by atoms with Crippen molar-refractivity contribution in [3.63, 3.8) is 0 Å². The Morgan fingerprint density at radius 3 is 2.62 bits per heavy atom. The number of hydrogen-bond donors (Lipinski definition) is 3. The molecule has 2 fully saturated rings. The number of aliphatic carboxylic acids is 1. The number of carboxylic acid groups (broad SMARTS) is 1. The standard InChI is InChI=1S/C20H24F2N4O3/c1-10(23)19(27)24-11-4-6-25(9-11)18-15(21)8-14-13(20(28)29)5-7-26(12-2-3-12)17(14)16(18)22/h5,7-8,10-13H,2-4,6,9,23H2,1H3,(H,24,27)(H,28,29). The number of amides is 1. The molecule has 1 amide bonds. The van der Waals surface area contributed by atoms with E-state index in [9.17, 15) is 19.1 Å². The van der Waals surface area contributed by atoms with Crippen LogP contribution in [0, 0.1) is 11.6 Å². The zero-order chi connectivity index (χ0) is 20.9. The van der Waals surface area contributed by atoms with Crippen molar-refractivity contribution in [1.82, 2.24) is 5.32 Å². The highest BCUT2D eigenvalue weighted by molar-refractivity contribution is 5.85. The van der Waals surface area contributed by atoms with Gasteiger partial charge in [0.1, 0.15) is 17.4 Å². The number of nitrogens with zero attached hydrogens (tertiary/aromatic N) is 2. The zero-order valence-corrected chi connectivity index (χ0v) is 16.1. The first-order chi connectivity index (χ1) is 13.8. The lowest BCUT2D eigenvalue weighted by Crippen LogP contribution is -2.45. The van der Waals surface area contributed by atoms with Crippen LogP contribution in [0.4, 0.5) is 20.2 Å². The van der Waals surface area contributed by atoms with E-state index in [1.807, 2.05) is 0 Å². The first-order valence-electron chi connectivity index (χ1n) is 9.80. The number of carbonyl (C=O) groups is 2. The van der Waals surface area contributed by atoms with Gasteiger partial charge in [0.05, 0.1) is 11.7 Å². The molecule has 156 valence electrons. The van der Waals surface area contributed by atoms with Crippen molar-refractivity contribution in [2.45, 2.75) is 50.2 Å². The Hall–Kier alpha value is -2.68. The lowest BCUT2D eigenvalue weighted by Gasteiger charge is -2.32. The number of nitrogens with one attached hydrogen (secondary N) is 1. The molecule has 1 saturated carbocycles. The molecule has 3 unspecified atom stereocenters. The molecule has 4 rings (SSSR count). The third kappa shape index (κ3) is 3.55. The Bertz CT molecular complexity index is 885. The molecule has 0 bridgehead atoms. The molecular formula is C20H24F2N4O3. The van der Waals surface area contributed by atoms with Crippen LogP contribution in [0.3, 0.4) is 0 Å². The van der Waals surface area contributed by atoms with Crippen LogP contribution in [-0.4, -0.2) is 48.2 Å². The van der Waals surface area contributed by atoms with E-state index < -0.39 is 29.6 Å². The highest BCUT2D eigenvalue weighted by Crippen LogP contribution is 2.45. The average molecular weight is 406 g/mol. The monoisotopic (exact) mass is 406 g/mol. The van der Waals surface area contributed by atoms with Gasteiger partial charge in [-0.05, 0) is 43.9 Å². The van der Waals surface area contributed by atoms with E-state index in [4.69, 9.17) is 5.73 Å². The minimum absolute atomic E-state index is 0.101. The van der Waals surface area contributed by atoms with Crippen LogP contribution in [0.2, 0.25) is 0 Å². The molecule has 3 aliphatic rings. The van der Waals surface area contributed by atoms with Crippen LogP contribution in [0.1, 0.15) is 37.7 Å². The minimum Gasteiger partial charge on any atom is -0.481 e. The summed E-state index contributed by atoms with van der Waals surface area (Å²) in [4.78, 5) is 26.7. The van der Waals surface area contributed by atoms with Crippen LogP contribution in [0.25, 0.3) is 0 Å². The predicted octanol–water partition coefficient (Wildman–Crippen LogP) is 1.67. The first-order valence-corrected chi connectivity index (χ1v) is 9.80. The van der Waals surface area contributed by atoms with Crippen molar-refractivity contribution in [1.29, 1.82) is 0 Å². The maximum absolute atomic E-state index is 15.6. The molecular weight excluding hydrogens is 382 g/mol. The van der Waals surface area contributed by atoms with E-state index in [2.05, 4.69) is 5.32 Å². The maximum Gasteiger partial charge on any atom is 0.315 e. The van der Waals surface area contributed by atoms with E-state index >= 15 is 4.39 Å². The fourth-order valence-corrected chi connectivity index (χ4v) is 4.05. The topological polar surface area (TPSA) is 98.9 Å². The molecule has 1 aromatic rings. The van der Waals surface area contributed by atoms with Gasteiger partial charge in [0.25, 0.3) is 0 Å². The molecule has 1 aliphatic carbocycles. The van der Waals surface area contributed by atoms with Gasteiger partial charge in [-0.2, -0.15) is 0 Å². The van der Waals surface area contributed by atoms with Gasteiger partial charge in [-0.1, -0.05) is 0 Å². The second kappa shape index (κ2) is 7.29. The zero-order valence-electron chi connectivity index (χ0n) is 16.1. The average Bonchev–Trinajstić information content (AvgIpc) is 3.40. The smallest absolute Gasteiger partial charge is 0.315 e. The molecule has 2 aliphatic heterocycles. The minimum atomic E-state index is -1.15. The van der Waals surface area contributed by atoms with Gasteiger partial charge >= 0.3 is 5.97 Å². The summed E-state index contributed by atoms with van der Waals surface area (Å²) in [6.07, 6.45) is 5.36. The van der Waals surface area contributed by atoms with Gasteiger partial charge in [-0.15, -0.1) is 0 Å². The van der Waals surface area contributed by atoms with Gasteiger partial charge < -0.3 is 26.0 Å². The molecule has 7 nitrogen and oxygen atoms in total. The lowest BCUT2D eigenvalue weighted by molar-refractivity contribution is -0.137. The number of fused-ring (bicyclic) bond motifs is 1. The fraction of sp³-hybridized carbons (Fsp3) is 0.500. The highest BCUT2D eigenvalue weighted by atomic mass is 19.1. The molecule has 4 N–H and O–H groups in total. The van der Waals surface area contributed by atoms with Crippen molar-refractivity contribution in [2.24, 2.45) is 5.73 Å². The quantitative estimate of drug-likeness (QED) is 0.688. The highest BCUT2D eigenvalue weighted by Gasteiger charge is 2.39. The number of carboxylic acids is 1. The van der Waals surface area contributed by atoms with Crippen LogP contribution < -0.4 is 20.9 Å². The number of carbonyl (C=O) groups excluding carboxylic acids is 1. The maximum atomic E-state index is 15.6. The number of hydrogen-bond acceptors (Lipinski definition) is 5. The van der Waals surface area contributed by atoms with E-state index in [-0.39, 0.29) is 41.5 Å². The Labute approximate surface area is 167 Å². The van der Waals surface area contributed by atoms with Crippen molar-refractivity contribution in [3.8, 4) is 0 Å². The molecule has 1 aromatic carbocycles. The number of rotatable bonds is 5. The summed E-state index contributed by atoms with van der Waals surface area (Å²) in [6.45, 7) is 2.20. The summed E-state index contributed by atoms with van der Waals surface area (Å²) >= 11 is 0. The Balaban J connectivity index is 1.67. The third-order valence-electron chi connectivity index (χ3n) is 5.70. The van der Waals surface area contributed by atoms with Gasteiger partial charge in [0.15, 0.2) is 5.82 Å².